The summed E-state index contributed by atoms with van der Waals surface area (Å²) < 4.78 is 4.60. The second kappa shape index (κ2) is 7.98. The molecule has 0 bridgehead atoms. The molecule has 0 saturated carbocycles. The minimum absolute atomic E-state index is 0.192. The largest absolute Gasteiger partial charge is 0.317 e. The van der Waals surface area contributed by atoms with Crippen molar-refractivity contribution >= 4 is 21.8 Å². The van der Waals surface area contributed by atoms with Crippen LogP contribution in [0.2, 0.25) is 0 Å². The number of rotatable bonds is 3. The molecule has 7 aromatic rings. The fourth-order valence-electron chi connectivity index (χ4n) is 6.17. The SMILES string of the molecule is CC1(C)c2ccccc2-n2cc3c4ccccc4n(-c4nc(-c5ccccc5)nc(-c5ccccc5)n4)c3c21. The van der Waals surface area contributed by atoms with Crippen molar-refractivity contribution in [3.05, 3.63) is 127 Å². The van der Waals surface area contributed by atoms with E-state index < -0.39 is 0 Å². The molecule has 0 amide bonds. The summed E-state index contributed by atoms with van der Waals surface area (Å²) in [6.45, 7) is 4.62. The molecule has 186 valence electrons. The first-order chi connectivity index (χ1) is 19.1. The second-order valence-electron chi connectivity index (χ2n) is 10.6. The van der Waals surface area contributed by atoms with Gasteiger partial charge in [-0.3, -0.25) is 4.57 Å². The minimum atomic E-state index is -0.192. The van der Waals surface area contributed by atoms with E-state index in [0.29, 0.717) is 17.6 Å². The topological polar surface area (TPSA) is 48.5 Å². The van der Waals surface area contributed by atoms with Crippen molar-refractivity contribution in [3.63, 3.8) is 0 Å². The van der Waals surface area contributed by atoms with Crippen LogP contribution in [-0.2, 0) is 5.41 Å². The number of para-hydroxylation sites is 2. The molecule has 5 nitrogen and oxygen atoms in total. The molecular formula is C34H25N5. The van der Waals surface area contributed by atoms with Gasteiger partial charge in [0.2, 0.25) is 5.95 Å². The number of nitrogens with zero attached hydrogens (tertiary/aromatic N) is 5. The van der Waals surface area contributed by atoms with Crippen molar-refractivity contribution in [1.29, 1.82) is 0 Å². The standard InChI is InChI=1S/C34H25N5/c1-34(2)26-18-10-12-20-28(26)38-21-25-24-17-9-11-19-27(24)39(29(25)30(34)38)33-36-31(22-13-5-3-6-14-22)35-32(37-33)23-15-7-4-8-16-23/h3-21H,1-2H3. The molecule has 0 spiro atoms. The summed E-state index contributed by atoms with van der Waals surface area (Å²) in [5, 5.41) is 2.39. The molecule has 0 radical (unpaired) electrons. The molecule has 0 saturated heterocycles. The quantitative estimate of drug-likeness (QED) is 0.248. The van der Waals surface area contributed by atoms with Gasteiger partial charge < -0.3 is 4.57 Å². The van der Waals surface area contributed by atoms with Crippen LogP contribution in [0.1, 0.15) is 25.1 Å². The van der Waals surface area contributed by atoms with Gasteiger partial charge in [0, 0.05) is 39.2 Å². The first-order valence-electron chi connectivity index (χ1n) is 13.2. The van der Waals surface area contributed by atoms with Gasteiger partial charge in [0.1, 0.15) is 0 Å². The van der Waals surface area contributed by atoms with Gasteiger partial charge in [-0.25, -0.2) is 4.98 Å². The van der Waals surface area contributed by atoms with Crippen LogP contribution in [0.5, 0.6) is 0 Å². The van der Waals surface area contributed by atoms with Crippen LogP contribution in [0.4, 0.5) is 0 Å². The summed E-state index contributed by atoms with van der Waals surface area (Å²) in [6.07, 6.45) is 2.29. The predicted molar refractivity (Wildman–Crippen MR) is 156 cm³/mol. The van der Waals surface area contributed by atoms with E-state index >= 15 is 0 Å². The maximum atomic E-state index is 5.11. The molecule has 0 N–H and O–H groups in total. The van der Waals surface area contributed by atoms with E-state index in [1.807, 2.05) is 60.7 Å². The normalized spacial score (nSPS) is 13.6. The Kier molecular flexibility index (Phi) is 4.50. The average molecular weight is 504 g/mol. The van der Waals surface area contributed by atoms with Crippen molar-refractivity contribution in [2.75, 3.05) is 0 Å². The molecule has 4 heterocycles. The Hall–Kier alpha value is -5.03. The third kappa shape index (κ3) is 3.10. The Morgan fingerprint density at radius 1 is 0.590 bits per heavy atom. The van der Waals surface area contributed by atoms with E-state index in [2.05, 4.69) is 77.7 Å². The maximum Gasteiger partial charge on any atom is 0.238 e. The van der Waals surface area contributed by atoms with E-state index in [4.69, 9.17) is 15.0 Å². The summed E-state index contributed by atoms with van der Waals surface area (Å²) in [5.41, 5.74) is 7.75. The molecule has 3 aromatic heterocycles. The molecule has 0 atom stereocenters. The highest BCUT2D eigenvalue weighted by Gasteiger charge is 2.39. The van der Waals surface area contributed by atoms with E-state index in [0.717, 1.165) is 22.2 Å². The summed E-state index contributed by atoms with van der Waals surface area (Å²) >= 11 is 0. The van der Waals surface area contributed by atoms with Crippen molar-refractivity contribution in [2.24, 2.45) is 0 Å². The smallest absolute Gasteiger partial charge is 0.238 e. The lowest BCUT2D eigenvalue weighted by molar-refractivity contribution is 0.645. The highest BCUT2D eigenvalue weighted by molar-refractivity contribution is 6.11. The van der Waals surface area contributed by atoms with E-state index in [9.17, 15) is 0 Å². The highest BCUT2D eigenvalue weighted by atomic mass is 15.2. The Balaban J connectivity index is 1.49. The van der Waals surface area contributed by atoms with Crippen LogP contribution in [0.15, 0.2) is 115 Å². The highest BCUT2D eigenvalue weighted by Crippen LogP contribution is 2.49. The monoisotopic (exact) mass is 503 g/mol. The zero-order valence-corrected chi connectivity index (χ0v) is 21.7. The van der Waals surface area contributed by atoms with Gasteiger partial charge in [-0.1, -0.05) is 111 Å². The lowest BCUT2D eigenvalue weighted by Gasteiger charge is -2.20. The van der Waals surface area contributed by atoms with Crippen molar-refractivity contribution < 1.29 is 0 Å². The van der Waals surface area contributed by atoms with Crippen LogP contribution >= 0.6 is 0 Å². The Bertz CT molecular complexity index is 1970. The number of hydrogen-bond donors (Lipinski definition) is 0. The van der Waals surface area contributed by atoms with Crippen molar-refractivity contribution in [1.82, 2.24) is 24.1 Å². The van der Waals surface area contributed by atoms with Gasteiger partial charge in [-0.15, -0.1) is 0 Å². The molecule has 1 aliphatic rings. The molecular weight excluding hydrogens is 478 g/mol. The minimum Gasteiger partial charge on any atom is -0.317 e. The van der Waals surface area contributed by atoms with Gasteiger partial charge in [0.05, 0.1) is 16.7 Å². The number of aromatic nitrogens is 5. The molecule has 5 heteroatoms. The third-order valence-corrected chi connectivity index (χ3v) is 7.95. The van der Waals surface area contributed by atoms with Gasteiger partial charge in [0.15, 0.2) is 11.6 Å². The van der Waals surface area contributed by atoms with E-state index in [-0.39, 0.29) is 5.41 Å². The summed E-state index contributed by atoms with van der Waals surface area (Å²) in [7, 11) is 0. The first kappa shape index (κ1) is 22.0. The van der Waals surface area contributed by atoms with Gasteiger partial charge in [0.25, 0.3) is 0 Å². The Morgan fingerprint density at radius 3 is 1.87 bits per heavy atom. The van der Waals surface area contributed by atoms with Crippen molar-refractivity contribution in [2.45, 2.75) is 19.3 Å². The summed E-state index contributed by atoms with van der Waals surface area (Å²) in [6, 6.07) is 37.5. The van der Waals surface area contributed by atoms with Gasteiger partial charge in [-0.05, 0) is 17.7 Å². The van der Waals surface area contributed by atoms with Crippen LogP contribution in [0.25, 0.3) is 56.2 Å². The lowest BCUT2D eigenvalue weighted by Crippen LogP contribution is -2.17. The fourth-order valence-corrected chi connectivity index (χ4v) is 6.17. The Labute approximate surface area is 226 Å². The fraction of sp³-hybridized carbons (Fsp3) is 0.0882. The molecule has 4 aromatic carbocycles. The molecule has 0 fully saturated rings. The lowest BCUT2D eigenvalue weighted by atomic mass is 9.83. The average Bonchev–Trinajstić information content (AvgIpc) is 3.59. The second-order valence-corrected chi connectivity index (χ2v) is 10.6. The van der Waals surface area contributed by atoms with Gasteiger partial charge >= 0.3 is 0 Å². The predicted octanol–water partition coefficient (Wildman–Crippen LogP) is 7.73. The summed E-state index contributed by atoms with van der Waals surface area (Å²) in [5.74, 6) is 1.93. The number of hydrogen-bond acceptors (Lipinski definition) is 3. The van der Waals surface area contributed by atoms with Crippen LogP contribution in [0, 0.1) is 0 Å². The molecule has 39 heavy (non-hydrogen) atoms. The molecule has 0 aliphatic carbocycles. The summed E-state index contributed by atoms with van der Waals surface area (Å²) in [4.78, 5) is 15.1. The molecule has 8 rings (SSSR count). The first-order valence-corrected chi connectivity index (χ1v) is 13.2. The molecule has 1 aliphatic heterocycles. The third-order valence-electron chi connectivity index (χ3n) is 7.95. The molecule has 0 unspecified atom stereocenters. The van der Waals surface area contributed by atoms with Crippen LogP contribution < -0.4 is 0 Å². The number of fused-ring (bicyclic) bond motifs is 7. The Morgan fingerprint density at radius 2 is 1.18 bits per heavy atom. The van der Waals surface area contributed by atoms with Gasteiger partial charge in [-0.2, -0.15) is 9.97 Å². The van der Waals surface area contributed by atoms with E-state index in [1.165, 1.54) is 27.7 Å². The van der Waals surface area contributed by atoms with Crippen LogP contribution in [0.3, 0.4) is 0 Å². The zero-order valence-electron chi connectivity index (χ0n) is 21.7. The maximum absolute atomic E-state index is 5.11. The van der Waals surface area contributed by atoms with E-state index in [1.54, 1.807) is 0 Å². The number of benzene rings is 4. The zero-order chi connectivity index (χ0) is 26.1. The van der Waals surface area contributed by atoms with Crippen molar-refractivity contribution in [3.8, 4) is 34.4 Å². The van der Waals surface area contributed by atoms with Crippen LogP contribution in [-0.4, -0.2) is 24.1 Å².